The predicted molar refractivity (Wildman–Crippen MR) is 57.9 cm³/mol. The fourth-order valence-electron chi connectivity index (χ4n) is 1.68. The molecule has 1 aromatic rings. The molecule has 0 unspecified atom stereocenters. The first-order chi connectivity index (χ1) is 7.61. The summed E-state index contributed by atoms with van der Waals surface area (Å²) in [5.41, 5.74) is 3.72. The number of benzene rings is 1. The van der Waals surface area contributed by atoms with E-state index in [1.807, 2.05) is 0 Å². The summed E-state index contributed by atoms with van der Waals surface area (Å²) in [6.07, 6.45) is 0.947. The summed E-state index contributed by atoms with van der Waals surface area (Å²) in [6, 6.07) is 2.91. The van der Waals surface area contributed by atoms with Crippen LogP contribution in [0, 0.1) is 10.1 Å². The van der Waals surface area contributed by atoms with Crippen LogP contribution in [-0.4, -0.2) is 10.8 Å². The second-order valence-electron chi connectivity index (χ2n) is 3.48. The van der Waals surface area contributed by atoms with Crippen molar-refractivity contribution in [1.82, 2.24) is 0 Å². The number of carbonyl (C=O) groups is 1. The van der Waals surface area contributed by atoms with Gasteiger partial charge in [0.2, 0.25) is 5.91 Å². The largest absolute Gasteiger partial charge is 0.326 e. The molecule has 0 aromatic heterocycles. The number of rotatable bonds is 2. The Morgan fingerprint density at radius 3 is 2.81 bits per heavy atom. The summed E-state index contributed by atoms with van der Waals surface area (Å²) in [5, 5.41) is 13.3. The molecule has 0 atom stereocenters. The molecule has 0 aliphatic carbocycles. The molecule has 7 heteroatoms. The number of nitrogens with two attached hydrogens (primary N) is 1. The van der Waals surface area contributed by atoms with Gasteiger partial charge in [-0.05, 0) is 18.1 Å². The van der Waals surface area contributed by atoms with E-state index in [2.05, 4.69) is 10.7 Å². The molecule has 7 nitrogen and oxygen atoms in total. The van der Waals surface area contributed by atoms with Crippen LogP contribution in [0.2, 0.25) is 0 Å². The van der Waals surface area contributed by atoms with Gasteiger partial charge in [-0.25, -0.2) is 0 Å². The van der Waals surface area contributed by atoms with Crippen LogP contribution < -0.4 is 16.6 Å². The number of carbonyl (C=O) groups excluding carboxylic acids is 1. The molecule has 1 aliphatic heterocycles. The Morgan fingerprint density at radius 2 is 2.19 bits per heavy atom. The molecule has 4 N–H and O–H groups in total. The minimum absolute atomic E-state index is 0.129. The van der Waals surface area contributed by atoms with Crippen molar-refractivity contribution in [1.29, 1.82) is 0 Å². The first-order valence-electron chi connectivity index (χ1n) is 4.69. The van der Waals surface area contributed by atoms with Crippen molar-refractivity contribution in [2.24, 2.45) is 5.84 Å². The number of hydrazine groups is 1. The van der Waals surface area contributed by atoms with Crippen molar-refractivity contribution < 1.29 is 9.72 Å². The highest BCUT2D eigenvalue weighted by molar-refractivity contribution is 5.95. The van der Waals surface area contributed by atoms with Crippen LogP contribution in [-0.2, 0) is 11.2 Å². The van der Waals surface area contributed by atoms with Crippen LogP contribution in [0.1, 0.15) is 12.0 Å². The van der Waals surface area contributed by atoms with Gasteiger partial charge in [0, 0.05) is 12.5 Å². The maximum atomic E-state index is 11.1. The summed E-state index contributed by atoms with van der Waals surface area (Å²) in [4.78, 5) is 21.3. The number of nitrogens with one attached hydrogen (secondary N) is 2. The zero-order valence-corrected chi connectivity index (χ0v) is 8.32. The molecule has 1 aromatic carbocycles. The Hall–Kier alpha value is -2.15. The lowest BCUT2D eigenvalue weighted by Gasteiger charge is -2.17. The molecule has 0 fully saturated rings. The maximum Gasteiger partial charge on any atom is 0.295 e. The third kappa shape index (κ3) is 1.68. The minimum atomic E-state index is -0.545. The summed E-state index contributed by atoms with van der Waals surface area (Å²) in [5.74, 6) is 5.08. The van der Waals surface area contributed by atoms with E-state index < -0.39 is 4.92 Å². The second-order valence-corrected chi connectivity index (χ2v) is 3.48. The first kappa shape index (κ1) is 10.4. The SMILES string of the molecule is NNc1cc2c(cc1[N+](=O)[O-])NC(=O)CC2. The van der Waals surface area contributed by atoms with Gasteiger partial charge >= 0.3 is 0 Å². The van der Waals surface area contributed by atoms with E-state index in [4.69, 9.17) is 5.84 Å². The Kier molecular flexibility index (Phi) is 2.45. The zero-order chi connectivity index (χ0) is 11.7. The van der Waals surface area contributed by atoms with E-state index in [1.165, 1.54) is 6.07 Å². The molecule has 16 heavy (non-hydrogen) atoms. The van der Waals surface area contributed by atoms with E-state index in [-0.39, 0.29) is 17.3 Å². The summed E-state index contributed by atoms with van der Waals surface area (Å²) in [6.45, 7) is 0. The second kappa shape index (κ2) is 3.78. The van der Waals surface area contributed by atoms with Crippen molar-refractivity contribution in [2.75, 3.05) is 10.7 Å². The number of nitro groups is 1. The van der Waals surface area contributed by atoms with Crippen LogP contribution in [0.5, 0.6) is 0 Å². The molecule has 2 rings (SSSR count). The van der Waals surface area contributed by atoms with Gasteiger partial charge < -0.3 is 10.7 Å². The standard InChI is InChI=1S/C9H10N4O3/c10-12-7-3-5-1-2-9(14)11-6(5)4-8(7)13(15)16/h3-4,12H,1-2,10H2,(H,11,14). The molecule has 84 valence electrons. The number of nitro benzene ring substituents is 1. The monoisotopic (exact) mass is 222 g/mol. The molecule has 0 saturated carbocycles. The fraction of sp³-hybridized carbons (Fsp3) is 0.222. The van der Waals surface area contributed by atoms with Gasteiger partial charge in [-0.3, -0.25) is 20.8 Å². The van der Waals surface area contributed by atoms with Crippen molar-refractivity contribution in [3.05, 3.63) is 27.8 Å². The third-order valence-electron chi connectivity index (χ3n) is 2.47. The number of nitrogen functional groups attached to an aromatic ring is 1. The molecular weight excluding hydrogens is 212 g/mol. The highest BCUT2D eigenvalue weighted by atomic mass is 16.6. The van der Waals surface area contributed by atoms with Gasteiger partial charge in [0.1, 0.15) is 5.69 Å². The molecule has 1 aliphatic rings. The van der Waals surface area contributed by atoms with Crippen LogP contribution in [0.15, 0.2) is 12.1 Å². The number of anilines is 2. The van der Waals surface area contributed by atoms with Crippen LogP contribution in [0.25, 0.3) is 0 Å². The smallest absolute Gasteiger partial charge is 0.295 e. The van der Waals surface area contributed by atoms with E-state index in [0.29, 0.717) is 18.5 Å². The Balaban J connectivity index is 2.52. The zero-order valence-electron chi connectivity index (χ0n) is 8.32. The Morgan fingerprint density at radius 1 is 1.44 bits per heavy atom. The van der Waals surface area contributed by atoms with E-state index in [9.17, 15) is 14.9 Å². The number of amides is 1. The fourth-order valence-corrected chi connectivity index (χ4v) is 1.68. The number of nitrogens with zero attached hydrogens (tertiary/aromatic N) is 1. The van der Waals surface area contributed by atoms with Gasteiger partial charge in [0.05, 0.1) is 10.6 Å². The first-order valence-corrected chi connectivity index (χ1v) is 4.69. The van der Waals surface area contributed by atoms with Crippen molar-refractivity contribution in [3.8, 4) is 0 Å². The summed E-state index contributed by atoms with van der Waals surface area (Å²) in [7, 11) is 0. The third-order valence-corrected chi connectivity index (χ3v) is 2.47. The summed E-state index contributed by atoms with van der Waals surface area (Å²) >= 11 is 0. The van der Waals surface area contributed by atoms with Crippen LogP contribution >= 0.6 is 0 Å². The number of hydrogen-bond donors (Lipinski definition) is 3. The van der Waals surface area contributed by atoms with Crippen molar-refractivity contribution in [3.63, 3.8) is 0 Å². The predicted octanol–water partition coefficient (Wildman–Crippen LogP) is 0.765. The minimum Gasteiger partial charge on any atom is -0.326 e. The maximum absolute atomic E-state index is 11.1. The normalized spacial score (nSPS) is 13.9. The molecule has 1 amide bonds. The van der Waals surface area contributed by atoms with E-state index >= 15 is 0 Å². The Labute approximate surface area is 90.7 Å². The van der Waals surface area contributed by atoms with Gasteiger partial charge in [-0.1, -0.05) is 0 Å². The molecule has 0 saturated heterocycles. The van der Waals surface area contributed by atoms with Gasteiger partial charge in [-0.15, -0.1) is 0 Å². The van der Waals surface area contributed by atoms with Gasteiger partial charge in [0.15, 0.2) is 0 Å². The van der Waals surface area contributed by atoms with Crippen molar-refractivity contribution >= 4 is 23.0 Å². The van der Waals surface area contributed by atoms with Crippen LogP contribution in [0.4, 0.5) is 17.1 Å². The molecular formula is C9H10N4O3. The molecule has 0 radical (unpaired) electrons. The van der Waals surface area contributed by atoms with E-state index in [0.717, 1.165) is 5.56 Å². The van der Waals surface area contributed by atoms with Crippen LogP contribution in [0.3, 0.4) is 0 Å². The molecule has 0 bridgehead atoms. The molecule has 1 heterocycles. The average Bonchev–Trinajstić information content (AvgIpc) is 2.27. The average molecular weight is 222 g/mol. The highest BCUT2D eigenvalue weighted by Crippen LogP contribution is 2.33. The highest BCUT2D eigenvalue weighted by Gasteiger charge is 2.21. The van der Waals surface area contributed by atoms with Gasteiger partial charge in [-0.2, -0.15) is 0 Å². The van der Waals surface area contributed by atoms with E-state index in [1.54, 1.807) is 6.07 Å². The molecule has 0 spiro atoms. The summed E-state index contributed by atoms with van der Waals surface area (Å²) < 4.78 is 0. The Bertz CT molecular complexity index is 472. The number of fused-ring (bicyclic) bond motifs is 1. The number of aryl methyl sites for hydroxylation is 1. The number of hydrogen-bond acceptors (Lipinski definition) is 5. The lowest BCUT2D eigenvalue weighted by Crippen LogP contribution is -2.20. The topological polar surface area (TPSA) is 110 Å². The lowest BCUT2D eigenvalue weighted by atomic mass is 10.0. The quantitative estimate of drug-likeness (QED) is 0.388. The van der Waals surface area contributed by atoms with Crippen molar-refractivity contribution in [2.45, 2.75) is 12.8 Å². The lowest BCUT2D eigenvalue weighted by molar-refractivity contribution is -0.383. The van der Waals surface area contributed by atoms with Gasteiger partial charge in [0.25, 0.3) is 5.69 Å².